The number of nitrogens with two attached hydrogens (primary N) is 1. The molecule has 20 heavy (non-hydrogen) atoms. The molecule has 0 radical (unpaired) electrons. The first kappa shape index (κ1) is 17.5. The van der Waals surface area contributed by atoms with Gasteiger partial charge in [0.1, 0.15) is 4.90 Å². The van der Waals surface area contributed by atoms with Crippen molar-refractivity contribution in [3.8, 4) is 0 Å². The molecule has 1 rings (SSSR count). The molecule has 0 aliphatic heterocycles. The molecule has 0 saturated carbocycles. The number of aliphatic hydroxyl groups is 1. The van der Waals surface area contributed by atoms with Crippen molar-refractivity contribution < 1.29 is 13.5 Å². The Morgan fingerprint density at radius 2 is 1.85 bits per heavy atom. The minimum Gasteiger partial charge on any atom is -0.398 e. The van der Waals surface area contributed by atoms with Gasteiger partial charge in [-0.25, -0.2) is 13.1 Å². The van der Waals surface area contributed by atoms with Gasteiger partial charge in [-0.05, 0) is 25.0 Å². The molecule has 0 atom stereocenters. The molecule has 8 heteroatoms. The van der Waals surface area contributed by atoms with Gasteiger partial charge < -0.3 is 10.8 Å². The molecule has 0 bridgehead atoms. The summed E-state index contributed by atoms with van der Waals surface area (Å²) in [5.74, 6) is 0. The second kappa shape index (κ2) is 6.49. The largest absolute Gasteiger partial charge is 0.398 e. The molecule has 0 amide bonds. The Bertz CT molecular complexity index is 563. The van der Waals surface area contributed by atoms with Crippen LogP contribution in [0.1, 0.15) is 26.7 Å². The normalized spacial score (nSPS) is 12.7. The first-order chi connectivity index (χ1) is 9.15. The second-order valence-corrected chi connectivity index (χ2v) is 7.11. The number of nitrogens with one attached hydrogen (secondary N) is 1. The zero-order valence-electron chi connectivity index (χ0n) is 11.3. The fraction of sp³-hybridized carbons (Fsp3) is 0.500. The molecular weight excluding hydrogens is 323 g/mol. The van der Waals surface area contributed by atoms with E-state index < -0.39 is 15.6 Å². The molecule has 1 aromatic carbocycles. The lowest BCUT2D eigenvalue weighted by Crippen LogP contribution is -2.42. The molecule has 5 nitrogen and oxygen atoms in total. The fourth-order valence-corrected chi connectivity index (χ4v) is 3.77. The Morgan fingerprint density at radius 3 is 2.30 bits per heavy atom. The van der Waals surface area contributed by atoms with Gasteiger partial charge >= 0.3 is 0 Å². The number of halogens is 2. The van der Waals surface area contributed by atoms with E-state index in [2.05, 4.69) is 4.72 Å². The van der Waals surface area contributed by atoms with Crippen molar-refractivity contribution in [2.24, 2.45) is 0 Å². The summed E-state index contributed by atoms with van der Waals surface area (Å²) in [5, 5.41) is 10.3. The predicted molar refractivity (Wildman–Crippen MR) is 81.6 cm³/mol. The molecule has 0 unspecified atom stereocenters. The maximum absolute atomic E-state index is 12.2. The maximum atomic E-state index is 12.2. The molecule has 0 saturated heterocycles. The number of benzene rings is 1. The highest BCUT2D eigenvalue weighted by Gasteiger charge is 2.28. The van der Waals surface area contributed by atoms with Crippen LogP contribution in [0.25, 0.3) is 0 Å². The van der Waals surface area contributed by atoms with Gasteiger partial charge in [-0.3, -0.25) is 0 Å². The van der Waals surface area contributed by atoms with E-state index in [1.54, 1.807) is 13.8 Å². The Kier molecular flexibility index (Phi) is 5.69. The van der Waals surface area contributed by atoms with Gasteiger partial charge in [0, 0.05) is 11.6 Å². The molecule has 0 aliphatic rings. The fourth-order valence-electron chi connectivity index (χ4n) is 1.67. The van der Waals surface area contributed by atoms with E-state index in [0.29, 0.717) is 12.8 Å². The van der Waals surface area contributed by atoms with Gasteiger partial charge in [-0.15, -0.1) is 0 Å². The average Bonchev–Trinajstić information content (AvgIpc) is 2.34. The van der Waals surface area contributed by atoms with Crippen LogP contribution >= 0.6 is 23.2 Å². The third-order valence-electron chi connectivity index (χ3n) is 3.21. The van der Waals surface area contributed by atoms with Crippen LogP contribution in [0.15, 0.2) is 17.0 Å². The van der Waals surface area contributed by atoms with Crippen LogP contribution in [0.2, 0.25) is 10.0 Å². The van der Waals surface area contributed by atoms with Crippen LogP contribution in [-0.4, -0.2) is 25.7 Å². The van der Waals surface area contributed by atoms with Gasteiger partial charge in [0.25, 0.3) is 0 Å². The monoisotopic (exact) mass is 340 g/mol. The molecule has 0 fully saturated rings. The summed E-state index contributed by atoms with van der Waals surface area (Å²) in [6, 6.07) is 2.62. The topological polar surface area (TPSA) is 92.4 Å². The molecule has 114 valence electrons. The zero-order valence-corrected chi connectivity index (χ0v) is 13.6. The summed E-state index contributed by atoms with van der Waals surface area (Å²) < 4.78 is 26.8. The average molecular weight is 341 g/mol. The highest BCUT2D eigenvalue weighted by Crippen LogP contribution is 2.31. The highest BCUT2D eigenvalue weighted by atomic mass is 35.5. The predicted octanol–water partition coefficient (Wildman–Crippen LogP) is 2.41. The van der Waals surface area contributed by atoms with Crippen molar-refractivity contribution in [2.45, 2.75) is 37.2 Å². The molecule has 0 spiro atoms. The quantitative estimate of drug-likeness (QED) is 0.693. The van der Waals surface area contributed by atoms with Crippen LogP contribution in [0, 0.1) is 0 Å². The summed E-state index contributed by atoms with van der Waals surface area (Å²) in [7, 11) is -3.92. The minimum atomic E-state index is -3.92. The molecule has 0 aliphatic carbocycles. The van der Waals surface area contributed by atoms with E-state index in [0.717, 1.165) is 0 Å². The molecular formula is C12H18Cl2N2O3S. The Labute approximate surface area is 129 Å². The maximum Gasteiger partial charge on any atom is 0.244 e. The lowest BCUT2D eigenvalue weighted by Gasteiger charge is -2.25. The number of rotatable bonds is 6. The summed E-state index contributed by atoms with van der Waals surface area (Å²) in [6.07, 6.45) is 0.853. The summed E-state index contributed by atoms with van der Waals surface area (Å²) >= 11 is 11.6. The molecule has 0 aromatic heterocycles. The van der Waals surface area contributed by atoms with Crippen molar-refractivity contribution in [3.05, 3.63) is 22.2 Å². The number of nitrogen functional groups attached to an aromatic ring is 1. The van der Waals surface area contributed by atoms with Gasteiger partial charge in [-0.1, -0.05) is 37.0 Å². The van der Waals surface area contributed by atoms with Crippen LogP contribution in [-0.2, 0) is 10.0 Å². The van der Waals surface area contributed by atoms with Crippen molar-refractivity contribution in [1.29, 1.82) is 0 Å². The van der Waals surface area contributed by atoms with Crippen molar-refractivity contribution in [1.82, 2.24) is 4.72 Å². The van der Waals surface area contributed by atoms with E-state index in [9.17, 15) is 13.5 Å². The molecule has 1 aromatic rings. The van der Waals surface area contributed by atoms with E-state index in [4.69, 9.17) is 28.9 Å². The number of sulfonamides is 1. The Morgan fingerprint density at radius 1 is 1.30 bits per heavy atom. The minimum absolute atomic E-state index is 0.0356. The van der Waals surface area contributed by atoms with Gasteiger partial charge in [0.15, 0.2) is 0 Å². The number of anilines is 1. The van der Waals surface area contributed by atoms with Crippen LogP contribution < -0.4 is 10.5 Å². The SMILES string of the molecule is CCC(O)(CC)CNS(=O)(=O)c1c(N)cc(Cl)cc1Cl. The van der Waals surface area contributed by atoms with Crippen LogP contribution in [0.3, 0.4) is 0 Å². The first-order valence-electron chi connectivity index (χ1n) is 6.11. The first-order valence-corrected chi connectivity index (χ1v) is 8.35. The smallest absolute Gasteiger partial charge is 0.244 e. The summed E-state index contributed by atoms with van der Waals surface area (Å²) in [5.41, 5.74) is 4.53. The number of hydrogen-bond acceptors (Lipinski definition) is 4. The third kappa shape index (κ3) is 3.99. The van der Waals surface area contributed by atoms with Gasteiger partial charge in [-0.2, -0.15) is 0 Å². The lowest BCUT2D eigenvalue weighted by molar-refractivity contribution is 0.0377. The standard InChI is InChI=1S/C12H18Cl2N2O3S/c1-3-12(17,4-2)7-16-20(18,19)11-9(14)5-8(13)6-10(11)15/h5-6,16-17H,3-4,7,15H2,1-2H3. The van der Waals surface area contributed by atoms with Crippen molar-refractivity contribution >= 4 is 38.9 Å². The zero-order chi connectivity index (χ0) is 15.6. The molecule has 0 heterocycles. The Balaban J connectivity index is 3.07. The van der Waals surface area contributed by atoms with E-state index in [-0.39, 0.29) is 27.2 Å². The summed E-state index contributed by atoms with van der Waals surface area (Å²) in [6.45, 7) is 3.45. The van der Waals surface area contributed by atoms with E-state index in [1.165, 1.54) is 12.1 Å². The Hall–Kier alpha value is -0.530. The third-order valence-corrected chi connectivity index (χ3v) is 5.36. The highest BCUT2D eigenvalue weighted by molar-refractivity contribution is 7.89. The van der Waals surface area contributed by atoms with Crippen LogP contribution in [0.5, 0.6) is 0 Å². The van der Waals surface area contributed by atoms with Gasteiger partial charge in [0.2, 0.25) is 10.0 Å². The van der Waals surface area contributed by atoms with E-state index in [1.807, 2.05) is 0 Å². The summed E-state index contributed by atoms with van der Waals surface area (Å²) in [4.78, 5) is -0.224. The van der Waals surface area contributed by atoms with E-state index >= 15 is 0 Å². The van der Waals surface area contributed by atoms with Crippen molar-refractivity contribution in [2.75, 3.05) is 12.3 Å². The van der Waals surface area contributed by atoms with Crippen LogP contribution in [0.4, 0.5) is 5.69 Å². The van der Waals surface area contributed by atoms with Crippen molar-refractivity contribution in [3.63, 3.8) is 0 Å². The van der Waals surface area contributed by atoms with Gasteiger partial charge in [0.05, 0.1) is 16.3 Å². The second-order valence-electron chi connectivity index (χ2n) is 4.56. The number of hydrogen-bond donors (Lipinski definition) is 3. The molecule has 4 N–H and O–H groups in total. The lowest BCUT2D eigenvalue weighted by atomic mass is 9.98.